The highest BCUT2D eigenvalue weighted by molar-refractivity contribution is 6.30. The Balaban J connectivity index is 1.79. The van der Waals surface area contributed by atoms with Crippen LogP contribution in [0, 0.1) is 5.82 Å². The van der Waals surface area contributed by atoms with Gasteiger partial charge in [0.15, 0.2) is 0 Å². The smallest absolute Gasteiger partial charge is 0.321 e. The first kappa shape index (κ1) is 18.9. The maximum atomic E-state index is 13.4. The molecule has 2 rings (SSSR count). The molecule has 24 heavy (non-hydrogen) atoms. The Morgan fingerprint density at radius 1 is 1.38 bits per heavy atom. The number of nitrogens with one attached hydrogen (secondary N) is 1. The number of hydrogen-bond donors (Lipinski definition) is 2. The summed E-state index contributed by atoms with van der Waals surface area (Å²) in [6.45, 7) is 3.74. The molecule has 1 saturated heterocycles. The van der Waals surface area contributed by atoms with Crippen molar-refractivity contribution in [2.75, 3.05) is 58.7 Å². The fraction of sp³-hybridized carbons (Fsp3) is 0.562. The summed E-state index contributed by atoms with van der Waals surface area (Å²) in [6, 6.07) is 3.92. The van der Waals surface area contributed by atoms with Gasteiger partial charge in [0.05, 0.1) is 11.1 Å². The minimum absolute atomic E-state index is 0.0258. The van der Waals surface area contributed by atoms with E-state index >= 15 is 0 Å². The van der Waals surface area contributed by atoms with E-state index < -0.39 is 11.9 Å². The lowest BCUT2D eigenvalue weighted by atomic mass is 10.2. The summed E-state index contributed by atoms with van der Waals surface area (Å²) >= 11 is 5.63. The molecule has 0 saturated carbocycles. The van der Waals surface area contributed by atoms with Gasteiger partial charge in [-0.2, -0.15) is 0 Å². The van der Waals surface area contributed by atoms with Gasteiger partial charge in [0.2, 0.25) is 0 Å². The highest BCUT2D eigenvalue weighted by Crippen LogP contribution is 2.19. The van der Waals surface area contributed by atoms with E-state index in [1.165, 1.54) is 12.1 Å². The number of aliphatic hydroxyl groups excluding tert-OH is 1. The predicted octanol–water partition coefficient (Wildman–Crippen LogP) is 1.55. The number of benzene rings is 1. The van der Waals surface area contributed by atoms with Gasteiger partial charge in [-0.05, 0) is 32.3 Å². The summed E-state index contributed by atoms with van der Waals surface area (Å²) in [7, 11) is 3.84. The molecule has 2 N–H and O–H groups in total. The number of aliphatic hydroxyl groups is 1. The van der Waals surface area contributed by atoms with Gasteiger partial charge < -0.3 is 20.2 Å². The van der Waals surface area contributed by atoms with E-state index in [1.54, 1.807) is 11.0 Å². The zero-order chi connectivity index (χ0) is 17.7. The second-order valence-corrected chi connectivity index (χ2v) is 6.67. The van der Waals surface area contributed by atoms with Crippen LogP contribution in [0.1, 0.15) is 0 Å². The number of piperazine rings is 1. The van der Waals surface area contributed by atoms with Gasteiger partial charge in [0, 0.05) is 45.0 Å². The van der Waals surface area contributed by atoms with Crippen molar-refractivity contribution in [3.05, 3.63) is 29.0 Å². The maximum Gasteiger partial charge on any atom is 0.321 e. The van der Waals surface area contributed by atoms with Crippen LogP contribution in [0.2, 0.25) is 5.02 Å². The molecule has 8 heteroatoms. The largest absolute Gasteiger partial charge is 0.390 e. The number of carbonyl (C=O) groups excluding carboxylic acids is 1. The molecule has 1 aliphatic heterocycles. The number of nitrogens with zero attached hydrogens (tertiary/aromatic N) is 3. The number of rotatable bonds is 5. The summed E-state index contributed by atoms with van der Waals surface area (Å²) in [4.78, 5) is 18.0. The van der Waals surface area contributed by atoms with Crippen molar-refractivity contribution in [3.63, 3.8) is 0 Å². The van der Waals surface area contributed by atoms with Crippen LogP contribution in [-0.2, 0) is 0 Å². The lowest BCUT2D eigenvalue weighted by Crippen LogP contribution is -2.52. The van der Waals surface area contributed by atoms with E-state index in [1.807, 2.05) is 19.0 Å². The number of likely N-dealkylation sites (N-methyl/N-ethyl adjacent to an activating group) is 1. The van der Waals surface area contributed by atoms with Gasteiger partial charge in [-0.15, -0.1) is 0 Å². The summed E-state index contributed by atoms with van der Waals surface area (Å²) in [5, 5.41) is 12.7. The zero-order valence-electron chi connectivity index (χ0n) is 14.0. The molecule has 1 aliphatic rings. The minimum atomic E-state index is -0.561. The number of urea groups is 1. The molecule has 0 unspecified atom stereocenters. The molecule has 0 aromatic heterocycles. The molecule has 1 heterocycles. The van der Waals surface area contributed by atoms with Crippen molar-refractivity contribution in [3.8, 4) is 0 Å². The van der Waals surface area contributed by atoms with Crippen molar-refractivity contribution in [2.24, 2.45) is 0 Å². The van der Waals surface area contributed by atoms with Gasteiger partial charge in [-0.25, -0.2) is 9.18 Å². The van der Waals surface area contributed by atoms with Gasteiger partial charge in [-0.3, -0.25) is 4.90 Å². The van der Waals surface area contributed by atoms with E-state index in [0.717, 1.165) is 0 Å². The number of halogens is 2. The van der Waals surface area contributed by atoms with Crippen LogP contribution in [-0.4, -0.2) is 85.3 Å². The van der Waals surface area contributed by atoms with Crippen molar-refractivity contribution < 1.29 is 14.3 Å². The molecule has 0 aliphatic carbocycles. The lowest BCUT2D eigenvalue weighted by molar-refractivity contribution is 0.0677. The Morgan fingerprint density at radius 3 is 2.62 bits per heavy atom. The molecule has 0 bridgehead atoms. The SMILES string of the molecule is CN(C)C[C@H](O)CN1CCN(C(=O)Nc2ccc(Cl)c(F)c2)CC1. The highest BCUT2D eigenvalue weighted by atomic mass is 35.5. The van der Waals surface area contributed by atoms with Gasteiger partial charge in [-0.1, -0.05) is 11.6 Å². The van der Waals surface area contributed by atoms with Crippen molar-refractivity contribution >= 4 is 23.3 Å². The van der Waals surface area contributed by atoms with Crippen LogP contribution in [0.15, 0.2) is 18.2 Å². The topological polar surface area (TPSA) is 59.1 Å². The van der Waals surface area contributed by atoms with Crippen molar-refractivity contribution in [2.45, 2.75) is 6.10 Å². The number of β-amino-alcohol motifs (C(OH)–C–C–N with tert-alkyl or cyclic N) is 1. The summed E-state index contributed by atoms with van der Waals surface area (Å²) in [6.07, 6.45) is -0.405. The number of hydrogen-bond acceptors (Lipinski definition) is 4. The molecule has 1 aromatic carbocycles. The Morgan fingerprint density at radius 2 is 2.04 bits per heavy atom. The highest BCUT2D eigenvalue weighted by Gasteiger charge is 2.22. The fourth-order valence-corrected chi connectivity index (χ4v) is 2.80. The lowest BCUT2D eigenvalue weighted by Gasteiger charge is -2.35. The molecule has 6 nitrogen and oxygen atoms in total. The van der Waals surface area contributed by atoms with Crippen molar-refractivity contribution in [1.82, 2.24) is 14.7 Å². The Labute approximate surface area is 146 Å². The number of anilines is 1. The molecule has 0 radical (unpaired) electrons. The van der Waals surface area contributed by atoms with E-state index in [2.05, 4.69) is 10.2 Å². The Hall–Kier alpha value is -1.41. The first-order valence-electron chi connectivity index (χ1n) is 7.91. The molecular weight excluding hydrogens is 335 g/mol. The predicted molar refractivity (Wildman–Crippen MR) is 93.0 cm³/mol. The molecule has 1 aromatic rings. The van der Waals surface area contributed by atoms with Gasteiger partial charge in [0.25, 0.3) is 0 Å². The van der Waals surface area contributed by atoms with E-state index in [-0.39, 0.29) is 11.1 Å². The van der Waals surface area contributed by atoms with Crippen LogP contribution in [0.5, 0.6) is 0 Å². The van der Waals surface area contributed by atoms with Crippen molar-refractivity contribution in [1.29, 1.82) is 0 Å². The van der Waals surface area contributed by atoms with Crippen LogP contribution < -0.4 is 5.32 Å². The maximum absolute atomic E-state index is 13.4. The third-order valence-corrected chi connectivity index (χ3v) is 4.18. The van der Waals surface area contributed by atoms with E-state index in [9.17, 15) is 14.3 Å². The second-order valence-electron chi connectivity index (χ2n) is 6.26. The third kappa shape index (κ3) is 5.59. The second kappa shape index (κ2) is 8.62. The van der Waals surface area contributed by atoms with Crippen LogP contribution in [0.3, 0.4) is 0 Å². The Bertz CT molecular complexity index is 565. The molecule has 0 spiro atoms. The number of amides is 2. The summed E-state index contributed by atoms with van der Waals surface area (Å²) < 4.78 is 13.4. The fourth-order valence-electron chi connectivity index (χ4n) is 2.69. The third-order valence-electron chi connectivity index (χ3n) is 3.88. The normalized spacial score (nSPS) is 17.2. The molecule has 2 amide bonds. The van der Waals surface area contributed by atoms with E-state index in [4.69, 9.17) is 11.6 Å². The molecule has 1 atom stereocenters. The monoisotopic (exact) mass is 358 g/mol. The summed E-state index contributed by atoms with van der Waals surface area (Å²) in [5.41, 5.74) is 0.380. The first-order chi connectivity index (χ1) is 11.3. The molecular formula is C16H24ClFN4O2. The minimum Gasteiger partial charge on any atom is -0.390 e. The first-order valence-corrected chi connectivity index (χ1v) is 8.29. The molecule has 134 valence electrons. The van der Waals surface area contributed by atoms with Crippen LogP contribution >= 0.6 is 11.6 Å². The van der Waals surface area contributed by atoms with Crippen LogP contribution in [0.4, 0.5) is 14.9 Å². The standard InChI is InChI=1S/C16H24ClFN4O2/c1-20(2)10-13(23)11-21-5-7-22(8-6-21)16(24)19-12-3-4-14(17)15(18)9-12/h3-4,9,13,23H,5-8,10-11H2,1-2H3,(H,19,24)/t13-/m0/s1. The Kier molecular flexibility index (Phi) is 6.79. The summed E-state index contributed by atoms with van der Waals surface area (Å²) in [5.74, 6) is -0.561. The average Bonchev–Trinajstić information content (AvgIpc) is 2.50. The average molecular weight is 359 g/mol. The van der Waals surface area contributed by atoms with Gasteiger partial charge >= 0.3 is 6.03 Å². The zero-order valence-corrected chi connectivity index (χ0v) is 14.8. The molecule has 1 fully saturated rings. The van der Waals surface area contributed by atoms with Gasteiger partial charge in [0.1, 0.15) is 5.82 Å². The van der Waals surface area contributed by atoms with E-state index in [0.29, 0.717) is 45.0 Å². The number of carbonyl (C=O) groups is 1. The van der Waals surface area contributed by atoms with Crippen LogP contribution in [0.25, 0.3) is 0 Å². The quantitative estimate of drug-likeness (QED) is 0.838.